The van der Waals surface area contributed by atoms with Gasteiger partial charge in [-0.2, -0.15) is 0 Å². The number of halogens is 1. The van der Waals surface area contributed by atoms with Crippen LogP contribution >= 0.6 is 15.9 Å². The number of rotatable bonds is 5. The quantitative estimate of drug-likeness (QED) is 0.877. The third-order valence-corrected chi connectivity index (χ3v) is 3.89. The molecule has 2 aromatic rings. The molecular weight excluding hydrogens is 316 g/mol. The minimum absolute atomic E-state index is 0.387. The summed E-state index contributed by atoms with van der Waals surface area (Å²) in [7, 11) is 0. The average Bonchev–Trinajstić information content (AvgIpc) is 2.45. The molecule has 20 heavy (non-hydrogen) atoms. The highest BCUT2D eigenvalue weighted by Crippen LogP contribution is 2.31. The van der Waals surface area contributed by atoms with E-state index in [4.69, 9.17) is 5.73 Å². The van der Waals surface area contributed by atoms with Crippen LogP contribution in [-0.4, -0.2) is 5.91 Å². The molecular formula is C16H17BrN2O. The van der Waals surface area contributed by atoms with Crippen molar-refractivity contribution in [3.8, 4) is 0 Å². The predicted octanol–water partition coefficient (Wildman–Crippen LogP) is 3.65. The Morgan fingerprint density at radius 1 is 1.20 bits per heavy atom. The lowest BCUT2D eigenvalue weighted by atomic mass is 9.86. The molecule has 0 aliphatic rings. The topological polar surface area (TPSA) is 55.1 Å². The van der Waals surface area contributed by atoms with Crippen molar-refractivity contribution in [1.82, 2.24) is 0 Å². The molecule has 104 valence electrons. The van der Waals surface area contributed by atoms with Crippen molar-refractivity contribution in [2.75, 3.05) is 5.32 Å². The van der Waals surface area contributed by atoms with Gasteiger partial charge in [0.2, 0.25) is 5.91 Å². The Morgan fingerprint density at radius 2 is 1.90 bits per heavy atom. The van der Waals surface area contributed by atoms with Crippen molar-refractivity contribution < 1.29 is 4.79 Å². The van der Waals surface area contributed by atoms with Crippen LogP contribution in [0.1, 0.15) is 18.9 Å². The monoisotopic (exact) mass is 332 g/mol. The summed E-state index contributed by atoms with van der Waals surface area (Å²) in [5, 5.41) is 3.29. The van der Waals surface area contributed by atoms with Crippen LogP contribution in [0, 0.1) is 0 Å². The molecule has 0 heterocycles. The molecule has 1 amide bonds. The summed E-state index contributed by atoms with van der Waals surface area (Å²) in [6, 6.07) is 17.3. The van der Waals surface area contributed by atoms with Gasteiger partial charge in [0.05, 0.1) is 0 Å². The van der Waals surface area contributed by atoms with E-state index in [2.05, 4.69) is 21.2 Å². The molecule has 0 aliphatic heterocycles. The zero-order valence-corrected chi connectivity index (χ0v) is 12.9. The van der Waals surface area contributed by atoms with Crippen molar-refractivity contribution >= 4 is 27.5 Å². The van der Waals surface area contributed by atoms with E-state index < -0.39 is 5.54 Å². The number of nitrogens with two attached hydrogens (primary N) is 1. The summed E-state index contributed by atoms with van der Waals surface area (Å²) in [4.78, 5) is 12.1. The predicted molar refractivity (Wildman–Crippen MR) is 85.4 cm³/mol. The number of benzene rings is 2. The summed E-state index contributed by atoms with van der Waals surface area (Å²) in [5.41, 5.74) is 6.50. The van der Waals surface area contributed by atoms with Crippen molar-refractivity contribution in [3.05, 3.63) is 64.6 Å². The number of hydrogen-bond donors (Lipinski definition) is 2. The fraction of sp³-hybridized carbons (Fsp3) is 0.188. The number of para-hydroxylation sites is 1. The van der Waals surface area contributed by atoms with Gasteiger partial charge in [0.25, 0.3) is 0 Å². The van der Waals surface area contributed by atoms with Crippen LogP contribution < -0.4 is 11.1 Å². The smallest absolute Gasteiger partial charge is 0.247 e. The number of nitrogens with one attached hydrogen (secondary N) is 1. The number of hydrogen-bond acceptors (Lipinski definition) is 2. The molecule has 0 saturated carbocycles. The van der Waals surface area contributed by atoms with Crippen molar-refractivity contribution in [3.63, 3.8) is 0 Å². The second-order valence-electron chi connectivity index (χ2n) is 4.62. The summed E-state index contributed by atoms with van der Waals surface area (Å²) in [6.07, 6.45) is 0.563. The van der Waals surface area contributed by atoms with Gasteiger partial charge in [-0.25, -0.2) is 0 Å². The molecule has 0 aromatic heterocycles. The first kappa shape index (κ1) is 14.6. The first-order valence-corrected chi connectivity index (χ1v) is 7.27. The summed E-state index contributed by atoms with van der Waals surface area (Å²) >= 11 is 3.44. The largest absolute Gasteiger partial charge is 0.368 e. The fourth-order valence-electron chi connectivity index (χ4n) is 2.26. The number of primary amides is 1. The van der Waals surface area contributed by atoms with Crippen LogP contribution in [-0.2, 0) is 10.3 Å². The van der Waals surface area contributed by atoms with E-state index in [1.165, 1.54) is 0 Å². The zero-order valence-electron chi connectivity index (χ0n) is 11.3. The highest BCUT2D eigenvalue weighted by atomic mass is 79.9. The van der Waals surface area contributed by atoms with Gasteiger partial charge < -0.3 is 11.1 Å². The van der Waals surface area contributed by atoms with Crippen molar-refractivity contribution in [2.24, 2.45) is 5.73 Å². The van der Waals surface area contributed by atoms with Crippen LogP contribution in [0.25, 0.3) is 0 Å². The first-order chi connectivity index (χ1) is 9.58. The van der Waals surface area contributed by atoms with Gasteiger partial charge in [-0.3, -0.25) is 4.79 Å². The second kappa shape index (κ2) is 6.09. The maximum absolute atomic E-state index is 12.1. The van der Waals surface area contributed by atoms with Crippen LogP contribution in [0.3, 0.4) is 0 Å². The molecule has 0 saturated heterocycles. The van der Waals surface area contributed by atoms with Crippen molar-refractivity contribution in [1.29, 1.82) is 0 Å². The maximum atomic E-state index is 12.1. The Kier molecular flexibility index (Phi) is 4.45. The van der Waals surface area contributed by atoms with Gasteiger partial charge in [0.15, 0.2) is 0 Å². The van der Waals surface area contributed by atoms with Gasteiger partial charge >= 0.3 is 0 Å². The molecule has 2 aromatic carbocycles. The first-order valence-electron chi connectivity index (χ1n) is 6.47. The lowest BCUT2D eigenvalue weighted by molar-refractivity contribution is -0.122. The Hall–Kier alpha value is -1.81. The van der Waals surface area contributed by atoms with Gasteiger partial charge in [-0.15, -0.1) is 0 Å². The minimum atomic E-state index is -0.912. The average molecular weight is 333 g/mol. The van der Waals surface area contributed by atoms with Crippen molar-refractivity contribution in [2.45, 2.75) is 18.9 Å². The molecule has 1 unspecified atom stereocenters. The lowest BCUT2D eigenvalue weighted by Gasteiger charge is -2.32. The minimum Gasteiger partial charge on any atom is -0.368 e. The van der Waals surface area contributed by atoms with E-state index in [-0.39, 0.29) is 5.91 Å². The standard InChI is InChI=1S/C16H17BrN2O/c1-2-16(15(18)20,12-7-6-8-13(17)11-12)19-14-9-4-3-5-10-14/h3-11,19H,2H2,1H3,(H2,18,20). The van der Waals surface area contributed by atoms with Gasteiger partial charge in [0.1, 0.15) is 5.54 Å². The van der Waals surface area contributed by atoms with E-state index in [1.54, 1.807) is 0 Å². The van der Waals surface area contributed by atoms with Crippen LogP contribution in [0.5, 0.6) is 0 Å². The van der Waals surface area contributed by atoms with Gasteiger partial charge in [-0.05, 0) is 36.2 Å². The Labute approximate surface area is 127 Å². The fourth-order valence-corrected chi connectivity index (χ4v) is 2.66. The third kappa shape index (κ3) is 2.85. The molecule has 2 rings (SSSR count). The van der Waals surface area contributed by atoms with Crippen LogP contribution in [0.2, 0.25) is 0 Å². The third-order valence-electron chi connectivity index (χ3n) is 3.40. The van der Waals surface area contributed by atoms with E-state index >= 15 is 0 Å². The molecule has 0 radical (unpaired) electrons. The molecule has 3 N–H and O–H groups in total. The zero-order chi connectivity index (χ0) is 14.6. The Morgan fingerprint density at radius 3 is 2.45 bits per heavy atom. The van der Waals surface area contributed by atoms with Crippen LogP contribution in [0.15, 0.2) is 59.1 Å². The normalized spacial score (nSPS) is 13.5. The molecule has 0 aliphatic carbocycles. The number of carbonyl (C=O) groups excluding carboxylic acids is 1. The van der Waals surface area contributed by atoms with Crippen LogP contribution in [0.4, 0.5) is 5.69 Å². The lowest BCUT2D eigenvalue weighted by Crippen LogP contribution is -2.47. The van der Waals surface area contributed by atoms with E-state index in [9.17, 15) is 4.79 Å². The highest BCUT2D eigenvalue weighted by Gasteiger charge is 2.36. The SMILES string of the molecule is CCC(Nc1ccccc1)(C(N)=O)c1cccc(Br)c1. The van der Waals surface area contributed by atoms with E-state index in [1.807, 2.05) is 61.5 Å². The molecule has 4 heteroatoms. The Balaban J connectivity index is 2.48. The number of carbonyl (C=O) groups is 1. The second-order valence-corrected chi connectivity index (χ2v) is 5.54. The Bertz CT molecular complexity index is 600. The molecule has 0 spiro atoms. The molecule has 0 fully saturated rings. The van der Waals surface area contributed by atoms with Gasteiger partial charge in [-0.1, -0.05) is 53.2 Å². The summed E-state index contributed by atoms with van der Waals surface area (Å²) < 4.78 is 0.920. The highest BCUT2D eigenvalue weighted by molar-refractivity contribution is 9.10. The molecule has 1 atom stereocenters. The van der Waals surface area contributed by atoms with E-state index in [0.29, 0.717) is 6.42 Å². The van der Waals surface area contributed by atoms with E-state index in [0.717, 1.165) is 15.7 Å². The maximum Gasteiger partial charge on any atom is 0.247 e. The molecule has 0 bridgehead atoms. The molecule has 3 nitrogen and oxygen atoms in total. The van der Waals surface area contributed by atoms with Gasteiger partial charge in [0, 0.05) is 10.2 Å². The summed E-state index contributed by atoms with van der Waals surface area (Å²) in [6.45, 7) is 1.95. The number of anilines is 1. The number of amides is 1. The summed E-state index contributed by atoms with van der Waals surface area (Å²) in [5.74, 6) is -0.387.